The van der Waals surface area contributed by atoms with Crippen LogP contribution in [0.2, 0.25) is 0 Å². The van der Waals surface area contributed by atoms with Crippen molar-refractivity contribution in [2.45, 2.75) is 69.9 Å². The summed E-state index contributed by atoms with van der Waals surface area (Å²) in [5, 5.41) is 12.8. The molecule has 0 aromatic heterocycles. The maximum atomic E-state index is 15.0. The van der Waals surface area contributed by atoms with Gasteiger partial charge in [-0.2, -0.15) is 0 Å². The number of amides is 3. The van der Waals surface area contributed by atoms with Gasteiger partial charge in [0, 0.05) is 36.3 Å². The van der Waals surface area contributed by atoms with Crippen molar-refractivity contribution in [2.75, 3.05) is 24.6 Å². The van der Waals surface area contributed by atoms with Gasteiger partial charge in [0.2, 0.25) is 11.8 Å². The molecule has 5 bridgehead atoms. The number of cyclic esters (lactones) is 1. The van der Waals surface area contributed by atoms with E-state index in [0.29, 0.717) is 22.2 Å². The number of allylic oxidation sites excluding steroid dienone is 1. The van der Waals surface area contributed by atoms with Gasteiger partial charge >= 0.3 is 5.97 Å². The number of likely N-dealkylation sites (tertiary alicyclic amines) is 1. The Kier molecular flexibility index (Phi) is 9.42. The predicted octanol–water partition coefficient (Wildman–Crippen LogP) is 4.03. The minimum absolute atomic E-state index is 0.109. The zero-order chi connectivity index (χ0) is 33.5. The van der Waals surface area contributed by atoms with E-state index in [1.807, 2.05) is 74.5 Å². The van der Waals surface area contributed by atoms with Crippen LogP contribution < -0.4 is 10.2 Å². The summed E-state index contributed by atoms with van der Waals surface area (Å²) in [6, 6.07) is 13.4. The summed E-state index contributed by atoms with van der Waals surface area (Å²) in [6.45, 7) is 5.78. The van der Waals surface area contributed by atoms with E-state index in [4.69, 9.17) is 9.47 Å². The van der Waals surface area contributed by atoms with Crippen LogP contribution in [-0.2, 0) is 28.7 Å². The van der Waals surface area contributed by atoms with Crippen LogP contribution in [0.25, 0.3) is 0 Å². The van der Waals surface area contributed by atoms with E-state index < -0.39 is 53.6 Å². The number of ether oxygens (including phenoxy) is 2. The lowest BCUT2D eigenvalue weighted by Gasteiger charge is -2.36. The summed E-state index contributed by atoms with van der Waals surface area (Å²) < 4.78 is 13.4. The Morgan fingerprint density at radius 3 is 2.53 bits per heavy atom. The molecule has 2 fully saturated rings. The van der Waals surface area contributed by atoms with Crippen molar-refractivity contribution in [3.05, 3.63) is 87.9 Å². The average Bonchev–Trinajstić information content (AvgIpc) is 3.64. The highest BCUT2D eigenvalue weighted by Gasteiger charge is 2.75. The molecule has 1 spiro atoms. The predicted molar refractivity (Wildman–Crippen MR) is 178 cm³/mol. The van der Waals surface area contributed by atoms with Gasteiger partial charge in [0.25, 0.3) is 5.91 Å². The van der Waals surface area contributed by atoms with Gasteiger partial charge < -0.3 is 29.7 Å². The van der Waals surface area contributed by atoms with Crippen molar-refractivity contribution in [1.82, 2.24) is 10.2 Å². The van der Waals surface area contributed by atoms with Crippen LogP contribution in [0.5, 0.6) is 0 Å². The minimum Gasteiger partial charge on any atom is -0.455 e. The second-order valence-electron chi connectivity index (χ2n) is 12.8. The van der Waals surface area contributed by atoms with Crippen LogP contribution >= 0.6 is 15.9 Å². The Balaban J connectivity index is 1.48. The first-order chi connectivity index (χ1) is 22.6. The topological polar surface area (TPSA) is 125 Å². The SMILES string of the molecule is Cc1ccc(C)c(N2C/C=C\CCC(=O)N[C@H](C)[C@@H](c3ccccc3)OC(=O)[C@@H]3[C@H]4O[C@@]5(C=C4Br)[C@H](C2=O)N(CCCO)C(=O)[C@@H]35)c1. The molecule has 3 amide bonds. The third-order valence-corrected chi connectivity index (χ3v) is 10.3. The maximum absolute atomic E-state index is 15.0. The Hall–Kier alpha value is -3.80. The molecule has 2 saturated heterocycles. The zero-order valence-electron chi connectivity index (χ0n) is 26.7. The van der Waals surface area contributed by atoms with Gasteiger partial charge in [-0.05, 0) is 62.4 Å². The van der Waals surface area contributed by atoms with Crippen LogP contribution in [0.1, 0.15) is 49.0 Å². The first-order valence-electron chi connectivity index (χ1n) is 16.1. The molecule has 2 aromatic rings. The molecule has 4 aliphatic rings. The summed E-state index contributed by atoms with van der Waals surface area (Å²) >= 11 is 3.60. The Morgan fingerprint density at radius 1 is 1.02 bits per heavy atom. The zero-order valence-corrected chi connectivity index (χ0v) is 28.3. The van der Waals surface area contributed by atoms with Crippen LogP contribution in [0.3, 0.4) is 0 Å². The Morgan fingerprint density at radius 2 is 1.79 bits per heavy atom. The van der Waals surface area contributed by atoms with Crippen molar-refractivity contribution >= 4 is 45.3 Å². The lowest BCUT2D eigenvalue weighted by molar-refractivity contribution is -0.161. The van der Waals surface area contributed by atoms with Crippen LogP contribution in [0, 0.1) is 25.7 Å². The number of aliphatic hydroxyl groups is 1. The molecule has 6 rings (SSSR count). The fourth-order valence-electron chi connectivity index (χ4n) is 7.43. The molecular weight excluding hydrogens is 666 g/mol. The minimum atomic E-state index is -1.44. The first kappa shape index (κ1) is 33.1. The highest BCUT2D eigenvalue weighted by Crippen LogP contribution is 2.59. The third kappa shape index (κ3) is 5.93. The van der Waals surface area contributed by atoms with Gasteiger partial charge in [-0.25, -0.2) is 0 Å². The van der Waals surface area contributed by atoms with Gasteiger partial charge in [-0.15, -0.1) is 0 Å². The molecule has 0 aliphatic carbocycles. The molecule has 4 heterocycles. The van der Waals surface area contributed by atoms with Crippen molar-refractivity contribution in [1.29, 1.82) is 0 Å². The summed E-state index contributed by atoms with van der Waals surface area (Å²) in [5.41, 5.74) is 1.78. The molecule has 11 heteroatoms. The number of aryl methyl sites for hydroxylation is 2. The molecule has 2 aromatic carbocycles. The Labute approximate surface area is 282 Å². The van der Waals surface area contributed by atoms with Crippen molar-refractivity contribution in [3.63, 3.8) is 0 Å². The number of carbonyl (C=O) groups excluding carboxylic acids is 4. The molecule has 248 valence electrons. The van der Waals surface area contributed by atoms with E-state index in [2.05, 4.69) is 21.2 Å². The van der Waals surface area contributed by atoms with E-state index in [0.717, 1.165) is 11.1 Å². The number of benzene rings is 2. The number of fused-ring (bicyclic) bond motifs is 2. The number of carbonyl (C=O) groups is 4. The van der Waals surface area contributed by atoms with E-state index in [1.54, 1.807) is 17.9 Å². The van der Waals surface area contributed by atoms with Gasteiger partial charge in [0.15, 0.2) is 0 Å². The van der Waals surface area contributed by atoms with Crippen molar-refractivity contribution in [3.8, 4) is 0 Å². The summed E-state index contributed by atoms with van der Waals surface area (Å²) in [4.78, 5) is 59.8. The molecule has 10 nitrogen and oxygen atoms in total. The quantitative estimate of drug-likeness (QED) is 0.356. The van der Waals surface area contributed by atoms with E-state index in [9.17, 15) is 24.3 Å². The van der Waals surface area contributed by atoms with Crippen LogP contribution in [0.4, 0.5) is 5.69 Å². The summed E-state index contributed by atoms with van der Waals surface area (Å²) in [5.74, 6) is -3.68. The van der Waals surface area contributed by atoms with Crippen molar-refractivity contribution in [2.24, 2.45) is 11.8 Å². The molecular formula is C36H40BrN3O7. The molecule has 2 N–H and O–H groups in total. The number of aliphatic hydroxyl groups excluding tert-OH is 1. The van der Waals surface area contributed by atoms with E-state index >= 15 is 0 Å². The number of halogens is 1. The number of nitrogens with zero attached hydrogens (tertiary/aromatic N) is 2. The van der Waals surface area contributed by atoms with Gasteiger partial charge in [0.1, 0.15) is 29.8 Å². The molecule has 4 aliphatic heterocycles. The number of anilines is 1. The second-order valence-corrected chi connectivity index (χ2v) is 13.7. The number of hydrogen-bond donors (Lipinski definition) is 2. The van der Waals surface area contributed by atoms with Crippen LogP contribution in [-0.4, -0.2) is 77.2 Å². The molecule has 0 saturated carbocycles. The maximum Gasteiger partial charge on any atom is 0.313 e. The summed E-state index contributed by atoms with van der Waals surface area (Å²) in [6.07, 6.45) is 4.73. The molecule has 7 atom stereocenters. The second kappa shape index (κ2) is 13.4. The number of esters is 1. The van der Waals surface area contributed by atoms with E-state index in [1.165, 1.54) is 4.90 Å². The fraction of sp³-hybridized carbons (Fsp3) is 0.444. The molecule has 47 heavy (non-hydrogen) atoms. The molecule has 0 radical (unpaired) electrons. The van der Waals surface area contributed by atoms with Gasteiger partial charge in [-0.3, -0.25) is 19.2 Å². The average molecular weight is 707 g/mol. The highest BCUT2D eigenvalue weighted by molar-refractivity contribution is 9.11. The summed E-state index contributed by atoms with van der Waals surface area (Å²) in [7, 11) is 0. The highest BCUT2D eigenvalue weighted by atomic mass is 79.9. The first-order valence-corrected chi connectivity index (χ1v) is 16.9. The normalized spacial score (nSPS) is 31.8. The van der Waals surface area contributed by atoms with E-state index in [-0.39, 0.29) is 44.4 Å². The largest absolute Gasteiger partial charge is 0.455 e. The van der Waals surface area contributed by atoms with Gasteiger partial charge in [-0.1, -0.05) is 70.5 Å². The monoisotopic (exact) mass is 705 g/mol. The molecule has 0 unspecified atom stereocenters. The Bertz CT molecular complexity index is 1630. The smallest absolute Gasteiger partial charge is 0.313 e. The number of hydrogen-bond acceptors (Lipinski definition) is 7. The van der Waals surface area contributed by atoms with Crippen molar-refractivity contribution < 1.29 is 33.8 Å². The number of rotatable bonds is 5. The lowest BCUT2D eigenvalue weighted by atomic mass is 9.74. The standard InChI is InChI=1S/C36H40BrN3O7/c1-21-14-15-22(2)26(19-21)39-16-9-5-8-13-27(42)38-23(3)30(24-11-6-4-7-12-24)46-35(45)28-29-33(43)40(17-10-18-41)32(34(39)44)36(29)20-25(37)31(28)47-36/h4-7,9,11-12,14-15,19-20,23,28-32,41H,8,10,13,16-18H2,1-3H3,(H,38,42)/b9-5-/t23-,28+,29-,30+,31+,32+,36-/m1/s1. The third-order valence-electron chi connectivity index (χ3n) is 9.62. The van der Waals surface area contributed by atoms with Gasteiger partial charge in [0.05, 0.1) is 12.0 Å². The number of nitrogens with one attached hydrogen (secondary N) is 1. The fourth-order valence-corrected chi connectivity index (χ4v) is 8.17. The van der Waals surface area contributed by atoms with Crippen LogP contribution in [0.15, 0.2) is 71.2 Å². The lowest BCUT2D eigenvalue weighted by Crippen LogP contribution is -2.56.